The fourth-order valence-corrected chi connectivity index (χ4v) is 4.53. The maximum atomic E-state index is 9.07. The van der Waals surface area contributed by atoms with E-state index in [0.717, 1.165) is 44.7 Å². The molecule has 0 aliphatic carbocycles. The Morgan fingerprint density at radius 3 is 2.64 bits per heavy atom. The lowest BCUT2D eigenvalue weighted by atomic mass is 9.83. The van der Waals surface area contributed by atoms with Gasteiger partial charge in [-0.25, -0.2) is 4.98 Å². The minimum absolute atomic E-state index is 0.205. The number of fused-ring (bicyclic) bond motifs is 4. The number of nitrogens with zero attached hydrogens (tertiary/aromatic N) is 2. The van der Waals surface area contributed by atoms with Crippen molar-refractivity contribution in [1.82, 2.24) is 9.55 Å². The number of aromatic nitrogens is 2. The van der Waals surface area contributed by atoms with Crippen molar-refractivity contribution < 1.29 is 13.9 Å². The van der Waals surface area contributed by atoms with Gasteiger partial charge in [-0.05, 0) is 35.2 Å². The molecular weight excluding hydrogens is 414 g/mol. The molecule has 0 spiro atoms. The monoisotopic (exact) mass is 435 g/mol. The fraction of sp³-hybridized carbons (Fsp3) is 0.111. The summed E-state index contributed by atoms with van der Waals surface area (Å²) < 4.78 is 19.0. The number of furan rings is 1. The van der Waals surface area contributed by atoms with Crippen LogP contribution in [0.3, 0.4) is 0 Å². The van der Waals surface area contributed by atoms with E-state index in [2.05, 4.69) is 29.2 Å². The molecule has 6 rings (SSSR count). The maximum Gasteiger partial charge on any atom is 0.228 e. The number of ether oxygens (including phenoxy) is 2. The second kappa shape index (κ2) is 7.67. The molecule has 1 unspecified atom stereocenters. The number of methoxy groups -OCH3 is 1. The summed E-state index contributed by atoms with van der Waals surface area (Å²) in [5.41, 5.74) is 3.13. The van der Waals surface area contributed by atoms with Gasteiger partial charge < -0.3 is 18.5 Å². The van der Waals surface area contributed by atoms with Gasteiger partial charge in [0.05, 0.1) is 25.5 Å². The smallest absolute Gasteiger partial charge is 0.228 e. The summed E-state index contributed by atoms with van der Waals surface area (Å²) in [6, 6.07) is 24.1. The lowest BCUT2D eigenvalue weighted by Crippen LogP contribution is -2.30. The van der Waals surface area contributed by atoms with Gasteiger partial charge in [0.1, 0.15) is 29.1 Å². The van der Waals surface area contributed by atoms with E-state index < -0.39 is 0 Å². The Labute approximate surface area is 190 Å². The zero-order chi connectivity index (χ0) is 22.4. The molecule has 0 amide bonds. The summed E-state index contributed by atoms with van der Waals surface area (Å²) in [5.74, 6) is 2.59. The van der Waals surface area contributed by atoms with Crippen molar-refractivity contribution in [3.05, 3.63) is 113 Å². The van der Waals surface area contributed by atoms with Crippen molar-refractivity contribution in [1.29, 1.82) is 5.41 Å². The van der Waals surface area contributed by atoms with Crippen molar-refractivity contribution in [3.8, 4) is 17.4 Å². The van der Waals surface area contributed by atoms with Gasteiger partial charge in [-0.2, -0.15) is 0 Å². The molecule has 0 bridgehead atoms. The van der Waals surface area contributed by atoms with Crippen LogP contribution in [0.15, 0.2) is 89.8 Å². The number of benzene rings is 3. The van der Waals surface area contributed by atoms with Gasteiger partial charge in [0.25, 0.3) is 0 Å². The van der Waals surface area contributed by atoms with E-state index in [-0.39, 0.29) is 5.92 Å². The van der Waals surface area contributed by atoms with Crippen LogP contribution >= 0.6 is 0 Å². The summed E-state index contributed by atoms with van der Waals surface area (Å²) in [5, 5.41) is 11.2. The van der Waals surface area contributed by atoms with Crippen LogP contribution in [-0.4, -0.2) is 16.7 Å². The van der Waals surface area contributed by atoms with Gasteiger partial charge in [0.15, 0.2) is 0 Å². The summed E-state index contributed by atoms with van der Waals surface area (Å²) in [6.45, 7) is 0.423. The quantitative estimate of drug-likeness (QED) is 0.400. The molecule has 1 aliphatic heterocycles. The molecule has 1 N–H and O–H groups in total. The lowest BCUT2D eigenvalue weighted by molar-refractivity contribution is 0.414. The zero-order valence-corrected chi connectivity index (χ0v) is 18.0. The average Bonchev–Trinajstić information content (AvgIpc) is 3.38. The second-order valence-electron chi connectivity index (χ2n) is 8.03. The highest BCUT2D eigenvalue weighted by Gasteiger charge is 2.33. The van der Waals surface area contributed by atoms with Crippen LogP contribution < -0.4 is 15.0 Å². The first-order valence-electron chi connectivity index (χ1n) is 10.7. The highest BCUT2D eigenvalue weighted by atomic mass is 16.5. The highest BCUT2D eigenvalue weighted by molar-refractivity contribution is 5.91. The Kier molecular flexibility index (Phi) is 4.50. The summed E-state index contributed by atoms with van der Waals surface area (Å²) in [4.78, 5) is 4.63. The molecule has 3 aromatic carbocycles. The molecule has 33 heavy (non-hydrogen) atoms. The first-order valence-corrected chi connectivity index (χ1v) is 10.7. The molecule has 0 saturated carbocycles. The molecule has 0 radical (unpaired) electrons. The van der Waals surface area contributed by atoms with E-state index in [1.807, 2.05) is 48.5 Å². The molecule has 162 valence electrons. The number of rotatable bonds is 4. The third-order valence-electron chi connectivity index (χ3n) is 6.15. The number of hydrogen-bond acceptors (Lipinski definition) is 5. The van der Waals surface area contributed by atoms with Gasteiger partial charge in [0, 0.05) is 16.9 Å². The van der Waals surface area contributed by atoms with Gasteiger partial charge in [-0.1, -0.05) is 48.5 Å². The van der Waals surface area contributed by atoms with Crippen LogP contribution in [0.4, 0.5) is 0 Å². The molecule has 1 atom stereocenters. The largest absolute Gasteiger partial charge is 0.497 e. The van der Waals surface area contributed by atoms with Crippen LogP contribution in [0, 0.1) is 5.41 Å². The van der Waals surface area contributed by atoms with Gasteiger partial charge >= 0.3 is 0 Å². The molecule has 0 fully saturated rings. The molecule has 3 heterocycles. The Morgan fingerprint density at radius 1 is 1.00 bits per heavy atom. The van der Waals surface area contributed by atoms with Crippen LogP contribution in [-0.2, 0) is 6.54 Å². The van der Waals surface area contributed by atoms with Crippen molar-refractivity contribution in [2.24, 2.45) is 0 Å². The molecule has 6 heteroatoms. The molecule has 6 nitrogen and oxygen atoms in total. The van der Waals surface area contributed by atoms with Crippen molar-refractivity contribution in [3.63, 3.8) is 0 Å². The summed E-state index contributed by atoms with van der Waals surface area (Å²) >= 11 is 0. The first-order chi connectivity index (χ1) is 16.2. The van der Waals surface area contributed by atoms with E-state index in [0.29, 0.717) is 17.9 Å². The first kappa shape index (κ1) is 19.4. The summed E-state index contributed by atoms with van der Waals surface area (Å²) in [7, 11) is 1.66. The lowest BCUT2D eigenvalue weighted by Gasteiger charge is -2.29. The van der Waals surface area contributed by atoms with Gasteiger partial charge in [-0.3, -0.25) is 5.41 Å². The Morgan fingerprint density at radius 2 is 1.85 bits per heavy atom. The minimum Gasteiger partial charge on any atom is -0.497 e. The normalized spacial score (nSPS) is 14.4. The predicted molar refractivity (Wildman–Crippen MR) is 124 cm³/mol. The van der Waals surface area contributed by atoms with E-state index in [9.17, 15) is 0 Å². The molecule has 5 aromatic rings. The van der Waals surface area contributed by atoms with Gasteiger partial charge in [0.2, 0.25) is 5.88 Å². The zero-order valence-electron chi connectivity index (χ0n) is 18.0. The van der Waals surface area contributed by atoms with Crippen molar-refractivity contribution in [2.45, 2.75) is 12.5 Å². The van der Waals surface area contributed by atoms with Crippen molar-refractivity contribution in [2.75, 3.05) is 7.11 Å². The third-order valence-corrected chi connectivity index (χ3v) is 6.15. The van der Waals surface area contributed by atoms with Crippen LogP contribution in [0.5, 0.6) is 17.4 Å². The molecule has 0 saturated heterocycles. The average molecular weight is 435 g/mol. The van der Waals surface area contributed by atoms with Crippen LogP contribution in [0.1, 0.15) is 28.4 Å². The molecule has 2 aromatic heterocycles. The van der Waals surface area contributed by atoms with E-state index in [1.54, 1.807) is 24.3 Å². The van der Waals surface area contributed by atoms with E-state index >= 15 is 0 Å². The van der Waals surface area contributed by atoms with Crippen molar-refractivity contribution >= 4 is 10.8 Å². The van der Waals surface area contributed by atoms with E-state index in [1.165, 1.54) is 0 Å². The maximum absolute atomic E-state index is 9.07. The third kappa shape index (κ3) is 3.19. The standard InChI is InChI=1S/C27H21N3O3/c1-31-19-11-8-18(9-12-19)23-22-13-10-17-5-2-3-7-21(17)25(22)33-27-24(23)26(28)30(16-29-27)15-20-6-4-14-32-20/h2-14,16,23,28H,15H2,1H3. The topological polar surface area (TPSA) is 73.3 Å². The second-order valence-corrected chi connectivity index (χ2v) is 8.03. The Bertz CT molecular complexity index is 1520. The summed E-state index contributed by atoms with van der Waals surface area (Å²) in [6.07, 6.45) is 3.28. The number of nitrogens with one attached hydrogen (secondary N) is 1. The minimum atomic E-state index is -0.205. The van der Waals surface area contributed by atoms with Gasteiger partial charge in [-0.15, -0.1) is 0 Å². The molecular formula is C27H21N3O3. The van der Waals surface area contributed by atoms with E-state index in [4.69, 9.17) is 19.3 Å². The van der Waals surface area contributed by atoms with Crippen LogP contribution in [0.2, 0.25) is 0 Å². The SMILES string of the molecule is COc1ccc(C2c3ccc4ccccc4c3Oc3ncn(Cc4ccco4)c(=N)c32)cc1. The predicted octanol–water partition coefficient (Wildman–Crippen LogP) is 5.45. The fourth-order valence-electron chi connectivity index (χ4n) is 4.53. The highest BCUT2D eigenvalue weighted by Crippen LogP contribution is 2.48. The Balaban J connectivity index is 1.58. The number of hydrogen-bond donors (Lipinski definition) is 1. The molecule has 1 aliphatic rings. The van der Waals surface area contributed by atoms with Crippen LogP contribution in [0.25, 0.3) is 10.8 Å². The Hall–Kier alpha value is -4.32.